The van der Waals surface area contributed by atoms with E-state index in [2.05, 4.69) is 6.92 Å². The lowest BCUT2D eigenvalue weighted by Gasteiger charge is -2.55. The van der Waals surface area contributed by atoms with E-state index in [9.17, 15) is 5.11 Å². The minimum absolute atomic E-state index is 0.00344. The summed E-state index contributed by atoms with van der Waals surface area (Å²) in [5.41, 5.74) is 0.534. The second-order valence-electron chi connectivity index (χ2n) is 9.54. The highest BCUT2D eigenvalue weighted by Gasteiger charge is 2.50. The monoisotopic (exact) mass is 320 g/mol. The van der Waals surface area contributed by atoms with E-state index in [1.807, 2.05) is 0 Å². The summed E-state index contributed by atoms with van der Waals surface area (Å²) in [4.78, 5) is 0. The van der Waals surface area contributed by atoms with E-state index in [4.69, 9.17) is 4.74 Å². The van der Waals surface area contributed by atoms with Crippen LogP contribution in [0.4, 0.5) is 0 Å². The highest BCUT2D eigenvalue weighted by molar-refractivity contribution is 5.00. The number of aliphatic hydroxyl groups is 1. The van der Waals surface area contributed by atoms with E-state index < -0.39 is 0 Å². The maximum atomic E-state index is 10.1. The molecule has 0 spiro atoms. The van der Waals surface area contributed by atoms with Crippen LogP contribution >= 0.6 is 0 Å². The van der Waals surface area contributed by atoms with Crippen LogP contribution in [0.25, 0.3) is 0 Å². The second-order valence-corrected chi connectivity index (χ2v) is 9.54. The van der Waals surface area contributed by atoms with Gasteiger partial charge in [-0.2, -0.15) is 0 Å². The minimum atomic E-state index is 0.00344. The lowest BCUT2D eigenvalue weighted by Crippen LogP contribution is -2.47. The first-order chi connectivity index (χ1) is 11.2. The lowest BCUT2D eigenvalue weighted by atomic mass is 9.50. The molecule has 4 rings (SSSR count). The van der Waals surface area contributed by atoms with E-state index in [0.29, 0.717) is 5.41 Å². The van der Waals surface area contributed by atoms with E-state index in [1.54, 1.807) is 0 Å². The molecule has 0 bridgehead atoms. The average Bonchev–Trinajstić information content (AvgIpc) is 2.63. The summed E-state index contributed by atoms with van der Waals surface area (Å²) in [7, 11) is 0. The Labute approximate surface area is 142 Å². The Hall–Kier alpha value is -0.0800. The zero-order valence-electron chi connectivity index (χ0n) is 15.0. The predicted octanol–water partition coefficient (Wildman–Crippen LogP) is 4.80. The van der Waals surface area contributed by atoms with Crippen molar-refractivity contribution in [1.29, 1.82) is 0 Å². The molecule has 3 saturated carbocycles. The van der Waals surface area contributed by atoms with Gasteiger partial charge in [0.05, 0.1) is 6.10 Å². The van der Waals surface area contributed by atoms with Crippen LogP contribution in [0.3, 0.4) is 0 Å². The highest BCUT2D eigenvalue weighted by Crippen LogP contribution is 2.58. The number of hydrogen-bond acceptors (Lipinski definition) is 2. The molecule has 0 amide bonds. The normalized spacial score (nSPS) is 51.4. The first-order valence-corrected chi connectivity index (χ1v) is 10.4. The molecule has 2 heteroatoms. The van der Waals surface area contributed by atoms with Gasteiger partial charge in [0.1, 0.15) is 0 Å². The Morgan fingerprint density at radius 1 is 0.826 bits per heavy atom. The molecule has 23 heavy (non-hydrogen) atoms. The molecule has 0 aromatic carbocycles. The summed E-state index contributed by atoms with van der Waals surface area (Å²) >= 11 is 0. The van der Waals surface area contributed by atoms with E-state index in [1.165, 1.54) is 57.8 Å². The van der Waals surface area contributed by atoms with Crippen LogP contribution in [0.2, 0.25) is 0 Å². The van der Waals surface area contributed by atoms with Gasteiger partial charge in [-0.05, 0) is 99.2 Å². The molecule has 1 N–H and O–H groups in total. The Kier molecular flexibility index (Phi) is 4.75. The molecule has 3 aliphatic carbocycles. The molecular weight excluding hydrogens is 284 g/mol. The van der Waals surface area contributed by atoms with Gasteiger partial charge in [0.2, 0.25) is 0 Å². The zero-order valence-corrected chi connectivity index (χ0v) is 15.0. The third kappa shape index (κ3) is 3.23. The van der Waals surface area contributed by atoms with Crippen molar-refractivity contribution in [2.45, 2.75) is 83.7 Å². The maximum absolute atomic E-state index is 10.1. The van der Waals surface area contributed by atoms with Crippen LogP contribution in [0.5, 0.6) is 0 Å². The van der Waals surface area contributed by atoms with Crippen molar-refractivity contribution in [1.82, 2.24) is 0 Å². The van der Waals surface area contributed by atoms with Crippen LogP contribution in [0, 0.1) is 35.0 Å². The fraction of sp³-hybridized carbons (Fsp3) is 1.00. The van der Waals surface area contributed by atoms with E-state index in [0.717, 1.165) is 55.6 Å². The molecule has 0 unspecified atom stereocenters. The molecule has 132 valence electrons. The Morgan fingerprint density at radius 2 is 1.74 bits per heavy atom. The molecule has 4 fully saturated rings. The van der Waals surface area contributed by atoms with Crippen LogP contribution in [-0.2, 0) is 4.74 Å². The second kappa shape index (κ2) is 6.67. The largest absolute Gasteiger partial charge is 0.393 e. The van der Waals surface area contributed by atoms with Gasteiger partial charge in [-0.15, -0.1) is 0 Å². The Balaban J connectivity index is 1.52. The SMILES string of the molecule is C[C@]12CCOCCCC[C@@H]1[C@H]1C[C@H]3CC[C@@H](O)C[C@@H]3C[C@@H]1CC2. The molecule has 1 saturated heterocycles. The summed E-state index contributed by atoms with van der Waals surface area (Å²) in [6.07, 6.45) is 14.6. The number of rotatable bonds is 0. The Morgan fingerprint density at radius 3 is 2.65 bits per heavy atom. The fourth-order valence-corrected chi connectivity index (χ4v) is 6.90. The van der Waals surface area contributed by atoms with Gasteiger partial charge in [-0.1, -0.05) is 13.3 Å². The number of ether oxygens (including phenoxy) is 1. The Bertz CT molecular complexity index is 409. The van der Waals surface area contributed by atoms with Crippen molar-refractivity contribution in [3.8, 4) is 0 Å². The van der Waals surface area contributed by atoms with Gasteiger partial charge < -0.3 is 9.84 Å². The quantitative estimate of drug-likeness (QED) is 0.695. The van der Waals surface area contributed by atoms with E-state index in [-0.39, 0.29) is 6.10 Å². The topological polar surface area (TPSA) is 29.5 Å². The molecule has 0 radical (unpaired) electrons. The lowest BCUT2D eigenvalue weighted by molar-refractivity contribution is -0.0718. The number of hydrogen-bond donors (Lipinski definition) is 1. The van der Waals surface area contributed by atoms with Crippen LogP contribution < -0.4 is 0 Å². The van der Waals surface area contributed by atoms with Crippen LogP contribution in [0.15, 0.2) is 0 Å². The summed E-state index contributed by atoms with van der Waals surface area (Å²) in [6, 6.07) is 0. The standard InChI is InChI=1S/C21H36O2/c1-21-8-7-16-12-17-13-18(22)6-5-15(17)14-19(16)20(21)4-2-3-10-23-11-9-21/h15-20,22H,2-14H2,1H3/t15-,16+,17+,18-,19+,20-,21+/m1/s1. The van der Waals surface area contributed by atoms with Gasteiger partial charge >= 0.3 is 0 Å². The third-order valence-electron chi connectivity index (χ3n) is 8.27. The maximum Gasteiger partial charge on any atom is 0.0543 e. The van der Waals surface area contributed by atoms with Gasteiger partial charge in [0.15, 0.2) is 0 Å². The number of aliphatic hydroxyl groups excluding tert-OH is 1. The minimum Gasteiger partial charge on any atom is -0.393 e. The highest BCUT2D eigenvalue weighted by atomic mass is 16.5. The fourth-order valence-electron chi connectivity index (χ4n) is 6.90. The van der Waals surface area contributed by atoms with Crippen LogP contribution in [0.1, 0.15) is 77.6 Å². The van der Waals surface area contributed by atoms with Gasteiger partial charge in [-0.3, -0.25) is 0 Å². The molecular formula is C21H36O2. The van der Waals surface area contributed by atoms with Gasteiger partial charge in [0.25, 0.3) is 0 Å². The molecule has 0 aromatic heterocycles. The molecule has 7 atom stereocenters. The summed E-state index contributed by atoms with van der Waals surface area (Å²) in [6.45, 7) is 4.56. The first kappa shape index (κ1) is 16.4. The molecule has 2 nitrogen and oxygen atoms in total. The van der Waals surface area contributed by atoms with Crippen molar-refractivity contribution in [3.05, 3.63) is 0 Å². The molecule has 0 aromatic rings. The number of fused-ring (bicyclic) bond motifs is 4. The summed E-state index contributed by atoms with van der Waals surface area (Å²) in [5.74, 6) is 4.63. The smallest absolute Gasteiger partial charge is 0.0543 e. The van der Waals surface area contributed by atoms with E-state index >= 15 is 0 Å². The van der Waals surface area contributed by atoms with Crippen LogP contribution in [-0.4, -0.2) is 24.4 Å². The van der Waals surface area contributed by atoms with Gasteiger partial charge in [-0.25, -0.2) is 0 Å². The first-order valence-electron chi connectivity index (χ1n) is 10.4. The average molecular weight is 321 g/mol. The van der Waals surface area contributed by atoms with Crippen molar-refractivity contribution in [2.24, 2.45) is 35.0 Å². The zero-order chi connectivity index (χ0) is 15.9. The molecule has 1 heterocycles. The summed E-state index contributed by atoms with van der Waals surface area (Å²) < 4.78 is 5.87. The van der Waals surface area contributed by atoms with Crippen molar-refractivity contribution < 1.29 is 9.84 Å². The van der Waals surface area contributed by atoms with Crippen molar-refractivity contribution in [2.75, 3.05) is 13.2 Å². The van der Waals surface area contributed by atoms with Crippen molar-refractivity contribution >= 4 is 0 Å². The van der Waals surface area contributed by atoms with Gasteiger partial charge in [0, 0.05) is 13.2 Å². The predicted molar refractivity (Wildman–Crippen MR) is 93.2 cm³/mol. The third-order valence-corrected chi connectivity index (χ3v) is 8.27. The molecule has 4 aliphatic rings. The molecule has 1 aliphatic heterocycles. The van der Waals surface area contributed by atoms with Crippen molar-refractivity contribution in [3.63, 3.8) is 0 Å². The summed E-state index contributed by atoms with van der Waals surface area (Å²) in [5, 5.41) is 10.1.